The number of methoxy groups -OCH3 is 2. The van der Waals surface area contributed by atoms with Gasteiger partial charge in [-0.15, -0.1) is 0 Å². The molecular formula is C16H20O4. The monoisotopic (exact) mass is 276 g/mol. The van der Waals surface area contributed by atoms with Crippen LogP contribution in [0.5, 0.6) is 0 Å². The highest BCUT2D eigenvalue weighted by Crippen LogP contribution is 2.35. The Balaban J connectivity index is 2.41. The summed E-state index contributed by atoms with van der Waals surface area (Å²) in [6.07, 6.45) is 5.66. The average Bonchev–Trinajstić information content (AvgIpc) is 2.53. The Kier molecular flexibility index (Phi) is 4.77. The van der Waals surface area contributed by atoms with Crippen molar-refractivity contribution in [2.45, 2.75) is 38.0 Å². The van der Waals surface area contributed by atoms with Crippen LogP contribution in [0.4, 0.5) is 0 Å². The van der Waals surface area contributed by atoms with Gasteiger partial charge in [-0.2, -0.15) is 0 Å². The van der Waals surface area contributed by atoms with Crippen molar-refractivity contribution in [1.29, 1.82) is 0 Å². The predicted octanol–water partition coefficient (Wildman–Crippen LogP) is 3.31. The normalized spacial score (nSPS) is 15.7. The first-order chi connectivity index (χ1) is 9.67. The fraction of sp³-hybridized carbons (Fsp3) is 0.500. The van der Waals surface area contributed by atoms with Gasteiger partial charge in [-0.3, -0.25) is 0 Å². The molecule has 0 unspecified atom stereocenters. The van der Waals surface area contributed by atoms with E-state index in [1.54, 1.807) is 18.2 Å². The molecule has 0 N–H and O–H groups in total. The minimum Gasteiger partial charge on any atom is -0.465 e. The molecule has 108 valence electrons. The van der Waals surface area contributed by atoms with E-state index in [1.165, 1.54) is 20.6 Å². The summed E-state index contributed by atoms with van der Waals surface area (Å²) in [4.78, 5) is 23.5. The van der Waals surface area contributed by atoms with Gasteiger partial charge in [0.25, 0.3) is 0 Å². The van der Waals surface area contributed by atoms with Crippen molar-refractivity contribution in [3.05, 3.63) is 34.9 Å². The third-order valence-corrected chi connectivity index (χ3v) is 3.92. The fourth-order valence-corrected chi connectivity index (χ4v) is 2.85. The molecule has 1 aromatic rings. The molecule has 0 spiro atoms. The Morgan fingerprint density at radius 3 is 2.25 bits per heavy atom. The van der Waals surface area contributed by atoms with Gasteiger partial charge < -0.3 is 9.47 Å². The lowest BCUT2D eigenvalue weighted by atomic mass is 9.81. The molecule has 4 heteroatoms. The molecule has 1 aliphatic carbocycles. The summed E-state index contributed by atoms with van der Waals surface area (Å²) < 4.78 is 9.59. The number of rotatable bonds is 3. The van der Waals surface area contributed by atoms with E-state index in [4.69, 9.17) is 9.47 Å². The van der Waals surface area contributed by atoms with E-state index in [1.807, 2.05) is 0 Å². The molecular weight excluding hydrogens is 256 g/mol. The first-order valence-corrected chi connectivity index (χ1v) is 6.98. The van der Waals surface area contributed by atoms with Crippen LogP contribution >= 0.6 is 0 Å². The second kappa shape index (κ2) is 6.55. The van der Waals surface area contributed by atoms with Crippen molar-refractivity contribution in [2.24, 2.45) is 0 Å². The smallest absolute Gasteiger partial charge is 0.338 e. The number of hydrogen-bond acceptors (Lipinski definition) is 4. The maximum atomic E-state index is 11.9. The third kappa shape index (κ3) is 3.00. The number of esters is 2. The highest BCUT2D eigenvalue weighted by Gasteiger charge is 2.23. The first kappa shape index (κ1) is 14.6. The number of hydrogen-bond donors (Lipinski definition) is 0. The van der Waals surface area contributed by atoms with E-state index in [0.29, 0.717) is 17.0 Å². The van der Waals surface area contributed by atoms with Crippen molar-refractivity contribution in [1.82, 2.24) is 0 Å². The van der Waals surface area contributed by atoms with E-state index in [9.17, 15) is 9.59 Å². The number of ether oxygens (including phenoxy) is 2. The van der Waals surface area contributed by atoms with Gasteiger partial charge in [0.05, 0.1) is 25.3 Å². The van der Waals surface area contributed by atoms with Crippen LogP contribution in [0, 0.1) is 0 Å². The molecule has 0 saturated heterocycles. The van der Waals surface area contributed by atoms with Crippen LogP contribution < -0.4 is 0 Å². The molecule has 0 aromatic heterocycles. The Morgan fingerprint density at radius 1 is 1.00 bits per heavy atom. The van der Waals surface area contributed by atoms with Gasteiger partial charge in [0.15, 0.2) is 0 Å². The zero-order valence-corrected chi connectivity index (χ0v) is 12.0. The van der Waals surface area contributed by atoms with E-state index >= 15 is 0 Å². The summed E-state index contributed by atoms with van der Waals surface area (Å²) in [5, 5.41) is 0. The molecule has 1 aliphatic rings. The largest absolute Gasteiger partial charge is 0.465 e. The molecule has 0 bridgehead atoms. The molecule has 1 aromatic carbocycles. The zero-order chi connectivity index (χ0) is 14.5. The maximum Gasteiger partial charge on any atom is 0.338 e. The van der Waals surface area contributed by atoms with E-state index in [0.717, 1.165) is 31.2 Å². The van der Waals surface area contributed by atoms with Gasteiger partial charge in [0, 0.05) is 0 Å². The molecule has 0 radical (unpaired) electrons. The summed E-state index contributed by atoms with van der Waals surface area (Å²) in [5.41, 5.74) is 1.97. The lowest BCUT2D eigenvalue weighted by Crippen LogP contribution is -2.14. The van der Waals surface area contributed by atoms with Crippen molar-refractivity contribution in [3.8, 4) is 0 Å². The minimum atomic E-state index is -0.376. The van der Waals surface area contributed by atoms with Crippen LogP contribution in [0.25, 0.3) is 0 Å². The Hall–Kier alpha value is -1.84. The second-order valence-corrected chi connectivity index (χ2v) is 5.12. The van der Waals surface area contributed by atoms with Crippen LogP contribution in [-0.4, -0.2) is 26.2 Å². The summed E-state index contributed by atoms with van der Waals surface area (Å²) in [6.45, 7) is 0. The van der Waals surface area contributed by atoms with E-state index < -0.39 is 0 Å². The molecule has 20 heavy (non-hydrogen) atoms. The highest BCUT2D eigenvalue weighted by molar-refractivity contribution is 5.95. The SMILES string of the molecule is COC(=O)c1ccc(C(=O)OC)c(C2CCCCC2)c1. The van der Waals surface area contributed by atoms with Crippen LogP contribution in [0.1, 0.15) is 64.3 Å². The Bertz CT molecular complexity index is 501. The van der Waals surface area contributed by atoms with Gasteiger partial charge in [-0.25, -0.2) is 9.59 Å². The summed E-state index contributed by atoms with van der Waals surface area (Å²) in [5.74, 6) is -0.400. The van der Waals surface area contributed by atoms with E-state index in [2.05, 4.69) is 0 Å². The van der Waals surface area contributed by atoms with Crippen molar-refractivity contribution < 1.29 is 19.1 Å². The first-order valence-electron chi connectivity index (χ1n) is 6.98. The van der Waals surface area contributed by atoms with Crippen LogP contribution in [0.3, 0.4) is 0 Å². The highest BCUT2D eigenvalue weighted by atomic mass is 16.5. The minimum absolute atomic E-state index is 0.322. The maximum absolute atomic E-state index is 11.9. The molecule has 0 aliphatic heterocycles. The third-order valence-electron chi connectivity index (χ3n) is 3.92. The van der Waals surface area contributed by atoms with Crippen molar-refractivity contribution >= 4 is 11.9 Å². The molecule has 4 nitrogen and oxygen atoms in total. The summed E-state index contributed by atoms with van der Waals surface area (Å²) >= 11 is 0. The Labute approximate surface area is 119 Å². The zero-order valence-electron chi connectivity index (χ0n) is 12.0. The number of carbonyl (C=O) groups is 2. The topological polar surface area (TPSA) is 52.6 Å². The van der Waals surface area contributed by atoms with Crippen LogP contribution in [0.2, 0.25) is 0 Å². The van der Waals surface area contributed by atoms with Crippen LogP contribution in [-0.2, 0) is 9.47 Å². The lowest BCUT2D eigenvalue weighted by Gasteiger charge is -2.24. The van der Waals surface area contributed by atoms with Crippen molar-refractivity contribution in [3.63, 3.8) is 0 Å². The predicted molar refractivity (Wildman–Crippen MR) is 74.9 cm³/mol. The lowest BCUT2D eigenvalue weighted by molar-refractivity contribution is 0.0585. The molecule has 1 saturated carbocycles. The second-order valence-electron chi connectivity index (χ2n) is 5.12. The quantitative estimate of drug-likeness (QED) is 0.795. The fourth-order valence-electron chi connectivity index (χ4n) is 2.85. The van der Waals surface area contributed by atoms with Gasteiger partial charge in [-0.05, 0) is 42.5 Å². The van der Waals surface area contributed by atoms with Gasteiger partial charge >= 0.3 is 11.9 Å². The molecule has 2 rings (SSSR count). The van der Waals surface area contributed by atoms with Crippen LogP contribution in [0.15, 0.2) is 18.2 Å². The molecule has 0 amide bonds. The molecule has 0 atom stereocenters. The van der Waals surface area contributed by atoms with Crippen molar-refractivity contribution in [2.75, 3.05) is 14.2 Å². The van der Waals surface area contributed by atoms with Gasteiger partial charge in [0.2, 0.25) is 0 Å². The summed E-state index contributed by atoms with van der Waals surface area (Å²) in [7, 11) is 2.73. The average molecular weight is 276 g/mol. The molecule has 0 heterocycles. The Morgan fingerprint density at radius 2 is 1.65 bits per heavy atom. The van der Waals surface area contributed by atoms with E-state index in [-0.39, 0.29) is 11.9 Å². The molecule has 1 fully saturated rings. The van der Waals surface area contributed by atoms with Gasteiger partial charge in [-0.1, -0.05) is 19.3 Å². The standard InChI is InChI=1S/C16H20O4/c1-19-15(17)12-8-9-13(16(18)20-2)14(10-12)11-6-4-3-5-7-11/h8-11H,3-7H2,1-2H3. The van der Waals surface area contributed by atoms with Gasteiger partial charge in [0.1, 0.15) is 0 Å². The summed E-state index contributed by atoms with van der Waals surface area (Å²) in [6, 6.07) is 5.07. The number of carbonyl (C=O) groups excluding carboxylic acids is 2. The number of benzene rings is 1.